The first-order valence-corrected chi connectivity index (χ1v) is 6.53. The molecule has 3 rings (SSSR count). The molecule has 0 radical (unpaired) electrons. The summed E-state index contributed by atoms with van der Waals surface area (Å²) in [5.74, 6) is 0.791. The predicted octanol–water partition coefficient (Wildman–Crippen LogP) is 4.12. The van der Waals surface area contributed by atoms with Crippen molar-refractivity contribution in [3.8, 4) is 11.3 Å². The third-order valence-electron chi connectivity index (χ3n) is 3.80. The summed E-state index contributed by atoms with van der Waals surface area (Å²) in [6, 6.07) is 11.0. The molecule has 17 heavy (non-hydrogen) atoms. The molecule has 0 saturated heterocycles. The van der Waals surface area contributed by atoms with Crippen LogP contribution in [0.1, 0.15) is 43.6 Å². The monoisotopic (exact) mass is 226 g/mol. The van der Waals surface area contributed by atoms with E-state index in [0.29, 0.717) is 0 Å². The minimum Gasteiger partial charge on any atom is -0.278 e. The number of rotatable bonds is 2. The summed E-state index contributed by atoms with van der Waals surface area (Å²) in [4.78, 5) is 0. The van der Waals surface area contributed by atoms with Gasteiger partial charge in [-0.1, -0.05) is 43.5 Å². The molecule has 0 atom stereocenters. The standard InChI is InChI=1S/C15H18N2/c1-2-4-12(5-3-1)13-6-8-14(9-7-13)15-10-11-16-17-15/h6-12H,1-5H2,(H,16,17). The highest BCUT2D eigenvalue weighted by Gasteiger charge is 2.15. The van der Waals surface area contributed by atoms with Gasteiger partial charge in [0.2, 0.25) is 0 Å². The first-order chi connectivity index (χ1) is 8.43. The van der Waals surface area contributed by atoms with Crippen LogP contribution in [0.2, 0.25) is 0 Å². The molecule has 2 nitrogen and oxygen atoms in total. The SMILES string of the molecule is c1cc(-c2ccc(C3CCCCC3)cc2)[nH]n1. The third-order valence-corrected chi connectivity index (χ3v) is 3.80. The second-order valence-electron chi connectivity index (χ2n) is 4.93. The fourth-order valence-electron chi connectivity index (χ4n) is 2.79. The molecular formula is C15H18N2. The predicted molar refractivity (Wildman–Crippen MR) is 69.8 cm³/mol. The van der Waals surface area contributed by atoms with Crippen molar-refractivity contribution < 1.29 is 0 Å². The Bertz CT molecular complexity index is 450. The number of aromatic amines is 1. The lowest BCUT2D eigenvalue weighted by atomic mass is 9.84. The number of benzene rings is 1. The molecule has 1 N–H and O–H groups in total. The van der Waals surface area contributed by atoms with Crippen molar-refractivity contribution in [2.75, 3.05) is 0 Å². The number of H-pyrrole nitrogens is 1. The van der Waals surface area contributed by atoms with Crippen molar-refractivity contribution in [2.24, 2.45) is 0 Å². The van der Waals surface area contributed by atoms with Gasteiger partial charge in [0.05, 0.1) is 5.69 Å². The van der Waals surface area contributed by atoms with E-state index in [0.717, 1.165) is 11.6 Å². The van der Waals surface area contributed by atoms with Crippen LogP contribution in [0.5, 0.6) is 0 Å². The van der Waals surface area contributed by atoms with E-state index in [2.05, 4.69) is 34.5 Å². The van der Waals surface area contributed by atoms with Gasteiger partial charge in [0.1, 0.15) is 0 Å². The quantitative estimate of drug-likeness (QED) is 0.819. The average Bonchev–Trinajstić information content (AvgIpc) is 2.94. The van der Waals surface area contributed by atoms with Gasteiger partial charge in [0.25, 0.3) is 0 Å². The zero-order valence-corrected chi connectivity index (χ0v) is 10.0. The van der Waals surface area contributed by atoms with Gasteiger partial charge in [-0.25, -0.2) is 0 Å². The lowest BCUT2D eigenvalue weighted by molar-refractivity contribution is 0.443. The molecule has 0 bridgehead atoms. The Balaban J connectivity index is 1.80. The maximum absolute atomic E-state index is 3.99. The van der Waals surface area contributed by atoms with E-state index < -0.39 is 0 Å². The van der Waals surface area contributed by atoms with Crippen molar-refractivity contribution in [2.45, 2.75) is 38.0 Å². The smallest absolute Gasteiger partial charge is 0.0650 e. The molecule has 1 saturated carbocycles. The van der Waals surface area contributed by atoms with Gasteiger partial charge < -0.3 is 0 Å². The van der Waals surface area contributed by atoms with Crippen LogP contribution in [-0.4, -0.2) is 10.2 Å². The highest BCUT2D eigenvalue weighted by molar-refractivity contribution is 5.58. The van der Waals surface area contributed by atoms with Crippen molar-refractivity contribution >= 4 is 0 Å². The lowest BCUT2D eigenvalue weighted by Crippen LogP contribution is -2.04. The molecule has 2 aromatic rings. The van der Waals surface area contributed by atoms with E-state index in [1.807, 2.05) is 6.07 Å². The number of nitrogens with zero attached hydrogens (tertiary/aromatic N) is 1. The van der Waals surface area contributed by atoms with Crippen LogP contribution in [0.15, 0.2) is 36.5 Å². The molecule has 0 aliphatic heterocycles. The number of aromatic nitrogens is 2. The van der Waals surface area contributed by atoms with Gasteiger partial charge in [0, 0.05) is 6.20 Å². The van der Waals surface area contributed by atoms with Gasteiger partial charge in [-0.2, -0.15) is 5.10 Å². The second kappa shape index (κ2) is 4.74. The molecule has 0 spiro atoms. The fourth-order valence-corrected chi connectivity index (χ4v) is 2.79. The highest BCUT2D eigenvalue weighted by atomic mass is 15.1. The van der Waals surface area contributed by atoms with Gasteiger partial charge in [-0.3, -0.25) is 5.10 Å². The molecule has 1 aromatic carbocycles. The maximum Gasteiger partial charge on any atom is 0.0650 e. The van der Waals surface area contributed by atoms with Crippen LogP contribution in [-0.2, 0) is 0 Å². The van der Waals surface area contributed by atoms with E-state index in [1.54, 1.807) is 6.20 Å². The number of hydrogen-bond donors (Lipinski definition) is 1. The summed E-state index contributed by atoms with van der Waals surface area (Å²) in [6.07, 6.45) is 8.74. The van der Waals surface area contributed by atoms with Crippen LogP contribution in [0.3, 0.4) is 0 Å². The maximum atomic E-state index is 3.99. The number of nitrogens with one attached hydrogen (secondary N) is 1. The van der Waals surface area contributed by atoms with E-state index in [-0.39, 0.29) is 0 Å². The minimum atomic E-state index is 0.791. The van der Waals surface area contributed by atoms with E-state index in [9.17, 15) is 0 Å². The summed E-state index contributed by atoms with van der Waals surface area (Å²) in [6.45, 7) is 0. The summed E-state index contributed by atoms with van der Waals surface area (Å²) in [5, 5.41) is 6.99. The third kappa shape index (κ3) is 2.26. The van der Waals surface area contributed by atoms with E-state index in [4.69, 9.17) is 0 Å². The zero-order valence-electron chi connectivity index (χ0n) is 10.0. The molecule has 1 heterocycles. The fraction of sp³-hybridized carbons (Fsp3) is 0.400. The van der Waals surface area contributed by atoms with Gasteiger partial charge >= 0.3 is 0 Å². The largest absolute Gasteiger partial charge is 0.278 e. The molecule has 1 aliphatic rings. The van der Waals surface area contributed by atoms with Crippen molar-refractivity contribution in [3.05, 3.63) is 42.1 Å². The molecule has 2 heteroatoms. The van der Waals surface area contributed by atoms with Gasteiger partial charge in [-0.05, 0) is 36.0 Å². The Kier molecular flexibility index (Phi) is 2.95. The molecule has 1 aliphatic carbocycles. The zero-order chi connectivity index (χ0) is 11.5. The first-order valence-electron chi connectivity index (χ1n) is 6.53. The Hall–Kier alpha value is -1.57. The van der Waals surface area contributed by atoms with Crippen LogP contribution >= 0.6 is 0 Å². The van der Waals surface area contributed by atoms with Crippen molar-refractivity contribution in [3.63, 3.8) is 0 Å². The summed E-state index contributed by atoms with van der Waals surface area (Å²) in [5.41, 5.74) is 3.83. The molecule has 88 valence electrons. The molecule has 1 aromatic heterocycles. The first kappa shape index (κ1) is 10.6. The Morgan fingerprint density at radius 3 is 2.35 bits per heavy atom. The normalized spacial score (nSPS) is 17.2. The Morgan fingerprint density at radius 2 is 1.71 bits per heavy atom. The summed E-state index contributed by atoms with van der Waals surface area (Å²) < 4.78 is 0. The molecule has 0 amide bonds. The van der Waals surface area contributed by atoms with Crippen molar-refractivity contribution in [1.82, 2.24) is 10.2 Å². The lowest BCUT2D eigenvalue weighted by Gasteiger charge is -2.22. The topological polar surface area (TPSA) is 28.7 Å². The second-order valence-corrected chi connectivity index (χ2v) is 4.93. The highest BCUT2D eigenvalue weighted by Crippen LogP contribution is 2.33. The van der Waals surface area contributed by atoms with Crippen LogP contribution in [0, 0.1) is 0 Å². The molecule has 1 fully saturated rings. The van der Waals surface area contributed by atoms with E-state index >= 15 is 0 Å². The average molecular weight is 226 g/mol. The Labute approximate surface area is 102 Å². The van der Waals surface area contributed by atoms with Gasteiger partial charge in [-0.15, -0.1) is 0 Å². The van der Waals surface area contributed by atoms with E-state index in [1.165, 1.54) is 43.2 Å². The Morgan fingerprint density at radius 1 is 0.941 bits per heavy atom. The summed E-state index contributed by atoms with van der Waals surface area (Å²) >= 11 is 0. The molecular weight excluding hydrogens is 208 g/mol. The van der Waals surface area contributed by atoms with Gasteiger partial charge in [0.15, 0.2) is 0 Å². The van der Waals surface area contributed by atoms with Crippen LogP contribution in [0.25, 0.3) is 11.3 Å². The number of hydrogen-bond acceptors (Lipinski definition) is 1. The summed E-state index contributed by atoms with van der Waals surface area (Å²) in [7, 11) is 0. The van der Waals surface area contributed by atoms with Crippen LogP contribution < -0.4 is 0 Å². The van der Waals surface area contributed by atoms with Crippen LogP contribution in [0.4, 0.5) is 0 Å². The van der Waals surface area contributed by atoms with Crippen molar-refractivity contribution in [1.29, 1.82) is 0 Å². The molecule has 0 unspecified atom stereocenters. The minimum absolute atomic E-state index is 0.791.